The largest absolute Gasteiger partial charge is 0.489 e. The summed E-state index contributed by atoms with van der Waals surface area (Å²) in [7, 11) is 0. The summed E-state index contributed by atoms with van der Waals surface area (Å²) in [4.78, 5) is 1.60. The maximum absolute atomic E-state index is 5.79. The lowest BCUT2D eigenvalue weighted by Crippen LogP contribution is -3.14. The van der Waals surface area contributed by atoms with E-state index < -0.39 is 0 Å². The maximum atomic E-state index is 5.79. The van der Waals surface area contributed by atoms with Gasteiger partial charge in [-0.25, -0.2) is 0 Å². The quantitative estimate of drug-likeness (QED) is 0.251. The van der Waals surface area contributed by atoms with Gasteiger partial charge in [-0.3, -0.25) is 5.43 Å². The van der Waals surface area contributed by atoms with Crippen molar-refractivity contribution >= 4 is 23.5 Å². The molecule has 0 spiro atoms. The predicted molar refractivity (Wildman–Crippen MR) is 120 cm³/mol. The minimum absolute atomic E-state index is 0.543. The fraction of sp³-hybridized carbons (Fsp3) is 0.364. The zero-order valence-corrected chi connectivity index (χ0v) is 17.4. The van der Waals surface area contributed by atoms with Gasteiger partial charge < -0.3 is 19.7 Å². The number of hydrazone groups is 1. The van der Waals surface area contributed by atoms with Crippen molar-refractivity contribution in [3.63, 3.8) is 0 Å². The summed E-state index contributed by atoms with van der Waals surface area (Å²) in [6.07, 6.45) is 2.82. The molecule has 0 saturated carbocycles. The van der Waals surface area contributed by atoms with Gasteiger partial charge in [0.1, 0.15) is 25.4 Å². The standard InChI is InChI=1S/C22H28N4O2S/c29-22(23-11-4-12-26-13-15-27-16-14-26)25-24-17-19-7-9-21(10-8-19)28-18-20-5-2-1-3-6-20/h1-3,5-10,17H,4,11-16,18H2,(H2,23,25,29)/p+1/b24-17-. The number of ether oxygens (including phenoxy) is 2. The fourth-order valence-corrected chi connectivity index (χ4v) is 3.20. The van der Waals surface area contributed by atoms with E-state index >= 15 is 0 Å². The average molecular weight is 414 g/mol. The molecule has 1 aliphatic heterocycles. The van der Waals surface area contributed by atoms with E-state index in [2.05, 4.69) is 15.8 Å². The van der Waals surface area contributed by atoms with Gasteiger partial charge in [-0.2, -0.15) is 5.10 Å². The number of morpholine rings is 1. The van der Waals surface area contributed by atoms with Crippen LogP contribution in [0.5, 0.6) is 5.75 Å². The summed E-state index contributed by atoms with van der Waals surface area (Å²) < 4.78 is 11.2. The summed E-state index contributed by atoms with van der Waals surface area (Å²) in [5, 5.41) is 7.93. The molecular weight excluding hydrogens is 384 g/mol. The van der Waals surface area contributed by atoms with Crippen molar-refractivity contribution in [1.29, 1.82) is 0 Å². The van der Waals surface area contributed by atoms with Crippen molar-refractivity contribution in [3.8, 4) is 5.75 Å². The molecule has 0 aliphatic carbocycles. The first kappa shape index (κ1) is 21.2. The topological polar surface area (TPSA) is 59.3 Å². The lowest BCUT2D eigenvalue weighted by atomic mass is 10.2. The Bertz CT molecular complexity index is 762. The van der Waals surface area contributed by atoms with Crippen molar-refractivity contribution in [3.05, 3.63) is 65.7 Å². The minimum Gasteiger partial charge on any atom is -0.489 e. The second-order valence-electron chi connectivity index (χ2n) is 6.94. The van der Waals surface area contributed by atoms with E-state index in [4.69, 9.17) is 21.7 Å². The van der Waals surface area contributed by atoms with E-state index in [1.807, 2.05) is 54.6 Å². The second kappa shape index (κ2) is 12.2. The van der Waals surface area contributed by atoms with Crippen molar-refractivity contribution in [1.82, 2.24) is 10.7 Å². The van der Waals surface area contributed by atoms with Gasteiger partial charge in [0, 0.05) is 13.0 Å². The van der Waals surface area contributed by atoms with Crippen LogP contribution in [0.3, 0.4) is 0 Å². The van der Waals surface area contributed by atoms with Gasteiger partial charge in [0.15, 0.2) is 5.11 Å². The Hall–Kier alpha value is -2.48. The Balaban J connectivity index is 1.30. The van der Waals surface area contributed by atoms with Crippen LogP contribution in [0, 0.1) is 0 Å². The lowest BCUT2D eigenvalue weighted by Gasteiger charge is -2.23. The zero-order chi connectivity index (χ0) is 20.2. The number of hydrogen-bond acceptors (Lipinski definition) is 4. The minimum atomic E-state index is 0.543. The van der Waals surface area contributed by atoms with Crippen molar-refractivity contribution in [2.45, 2.75) is 13.0 Å². The van der Waals surface area contributed by atoms with E-state index in [9.17, 15) is 0 Å². The number of quaternary nitrogens is 1. The highest BCUT2D eigenvalue weighted by Gasteiger charge is 2.12. The SMILES string of the molecule is S=C(NCCC[NH+]1CCOCC1)N/N=C\c1ccc(OCc2ccccc2)cc1. The third-order valence-electron chi connectivity index (χ3n) is 4.70. The maximum Gasteiger partial charge on any atom is 0.186 e. The first-order valence-electron chi connectivity index (χ1n) is 10.0. The molecule has 0 unspecified atom stereocenters. The summed E-state index contributed by atoms with van der Waals surface area (Å²) >= 11 is 5.26. The van der Waals surface area contributed by atoms with Crippen molar-refractivity contribution in [2.24, 2.45) is 5.10 Å². The van der Waals surface area contributed by atoms with Gasteiger partial charge in [0.25, 0.3) is 0 Å². The molecule has 0 amide bonds. The highest BCUT2D eigenvalue weighted by atomic mass is 32.1. The highest BCUT2D eigenvalue weighted by molar-refractivity contribution is 7.80. The molecule has 0 radical (unpaired) electrons. The van der Waals surface area contributed by atoms with Gasteiger partial charge in [0.2, 0.25) is 0 Å². The first-order chi connectivity index (χ1) is 14.3. The Kier molecular flexibility index (Phi) is 8.90. The van der Waals surface area contributed by atoms with Gasteiger partial charge >= 0.3 is 0 Å². The number of nitrogens with one attached hydrogen (secondary N) is 3. The Morgan fingerprint density at radius 1 is 1.10 bits per heavy atom. The van der Waals surface area contributed by atoms with E-state index in [1.165, 1.54) is 0 Å². The predicted octanol–water partition coefficient (Wildman–Crippen LogP) is 1.37. The van der Waals surface area contributed by atoms with E-state index in [1.54, 1.807) is 11.1 Å². The number of thiocarbonyl (C=S) groups is 1. The first-order valence-corrected chi connectivity index (χ1v) is 10.5. The molecule has 2 aromatic rings. The van der Waals surface area contributed by atoms with Crippen LogP contribution in [0.2, 0.25) is 0 Å². The molecular formula is C22H29N4O2S+. The van der Waals surface area contributed by atoms with E-state index in [-0.39, 0.29) is 0 Å². The monoisotopic (exact) mass is 413 g/mol. The third-order valence-corrected chi connectivity index (χ3v) is 4.94. The van der Waals surface area contributed by atoms with Crippen LogP contribution in [-0.2, 0) is 11.3 Å². The van der Waals surface area contributed by atoms with Gasteiger partial charge in [-0.15, -0.1) is 0 Å². The molecule has 0 bridgehead atoms. The zero-order valence-electron chi connectivity index (χ0n) is 16.6. The van der Waals surface area contributed by atoms with Crippen LogP contribution < -0.4 is 20.4 Å². The molecule has 6 nitrogen and oxygen atoms in total. The number of rotatable bonds is 9. The normalized spacial score (nSPS) is 14.6. The summed E-state index contributed by atoms with van der Waals surface area (Å²) in [6, 6.07) is 17.9. The molecule has 29 heavy (non-hydrogen) atoms. The molecule has 0 atom stereocenters. The van der Waals surface area contributed by atoms with Crippen LogP contribution in [0.15, 0.2) is 59.7 Å². The van der Waals surface area contributed by atoms with Crippen LogP contribution in [-0.4, -0.2) is 50.7 Å². The molecule has 3 N–H and O–H groups in total. The smallest absolute Gasteiger partial charge is 0.186 e. The summed E-state index contributed by atoms with van der Waals surface area (Å²) in [6.45, 7) is 6.49. The Morgan fingerprint density at radius 3 is 2.62 bits per heavy atom. The molecule has 0 aromatic heterocycles. The lowest BCUT2D eigenvalue weighted by molar-refractivity contribution is -0.908. The van der Waals surface area contributed by atoms with E-state index in [0.717, 1.165) is 62.7 Å². The number of nitrogens with zero attached hydrogens (tertiary/aromatic N) is 1. The van der Waals surface area contributed by atoms with Gasteiger partial charge in [0.05, 0.1) is 26.0 Å². The van der Waals surface area contributed by atoms with Crippen LogP contribution in [0.25, 0.3) is 0 Å². The molecule has 1 fully saturated rings. The Morgan fingerprint density at radius 2 is 1.86 bits per heavy atom. The molecule has 7 heteroatoms. The number of benzene rings is 2. The third kappa shape index (κ3) is 8.19. The molecule has 1 saturated heterocycles. The molecule has 154 valence electrons. The molecule has 1 aliphatic rings. The Labute approximate surface area is 177 Å². The average Bonchev–Trinajstić information content (AvgIpc) is 2.78. The fourth-order valence-electron chi connectivity index (χ4n) is 3.05. The molecule has 1 heterocycles. The second-order valence-corrected chi connectivity index (χ2v) is 7.34. The van der Waals surface area contributed by atoms with Crippen molar-refractivity contribution < 1.29 is 14.4 Å². The van der Waals surface area contributed by atoms with E-state index in [0.29, 0.717) is 11.7 Å². The van der Waals surface area contributed by atoms with Gasteiger partial charge in [-0.05, 0) is 47.6 Å². The number of hydrogen-bond donors (Lipinski definition) is 3. The van der Waals surface area contributed by atoms with Crippen molar-refractivity contribution in [2.75, 3.05) is 39.4 Å². The highest BCUT2D eigenvalue weighted by Crippen LogP contribution is 2.13. The van der Waals surface area contributed by atoms with Crippen LogP contribution in [0.1, 0.15) is 17.5 Å². The van der Waals surface area contributed by atoms with Crippen LogP contribution >= 0.6 is 12.2 Å². The summed E-state index contributed by atoms with van der Waals surface area (Å²) in [5.41, 5.74) is 4.99. The summed E-state index contributed by atoms with van der Waals surface area (Å²) in [5.74, 6) is 0.832. The van der Waals surface area contributed by atoms with Gasteiger partial charge in [-0.1, -0.05) is 30.3 Å². The molecule has 3 rings (SSSR count). The molecule has 2 aromatic carbocycles. The van der Waals surface area contributed by atoms with Crippen LogP contribution in [0.4, 0.5) is 0 Å².